The van der Waals surface area contributed by atoms with E-state index in [1.54, 1.807) is 0 Å². The summed E-state index contributed by atoms with van der Waals surface area (Å²) in [4.78, 5) is 0. The molecule has 0 N–H and O–H groups in total. The minimum absolute atomic E-state index is 0.0429. The van der Waals surface area contributed by atoms with Crippen LogP contribution in [0, 0.1) is 11.6 Å². The second-order valence-corrected chi connectivity index (χ2v) is 7.09. The quantitative estimate of drug-likeness (QED) is 0.754. The van der Waals surface area contributed by atoms with Gasteiger partial charge in [0.05, 0.1) is 11.4 Å². The van der Waals surface area contributed by atoms with Crippen molar-refractivity contribution in [2.24, 2.45) is 0 Å². The average molecular weight is 389 g/mol. The van der Waals surface area contributed by atoms with Gasteiger partial charge in [-0.2, -0.15) is 8.42 Å². The summed E-state index contributed by atoms with van der Waals surface area (Å²) >= 11 is 3.16. The number of hydrogen-bond donors (Lipinski definition) is 0. The zero-order valence-electron chi connectivity index (χ0n) is 11.2. The van der Waals surface area contributed by atoms with Crippen LogP contribution in [0.3, 0.4) is 0 Å². The molecule has 0 bridgehead atoms. The molecule has 116 valence electrons. The number of benzene rings is 2. The molecule has 0 amide bonds. The van der Waals surface area contributed by atoms with Crippen LogP contribution in [-0.4, -0.2) is 20.3 Å². The van der Waals surface area contributed by atoms with E-state index in [0.29, 0.717) is 5.33 Å². The van der Waals surface area contributed by atoms with Crippen LogP contribution in [0.4, 0.5) is 25.8 Å². The van der Waals surface area contributed by atoms with E-state index >= 15 is 0 Å². The summed E-state index contributed by atoms with van der Waals surface area (Å²) in [5.74, 6) is -1.36. The van der Waals surface area contributed by atoms with Crippen molar-refractivity contribution >= 4 is 43.2 Å². The zero-order valence-corrected chi connectivity index (χ0v) is 13.6. The largest absolute Gasteiger partial charge is 0.331 e. The number of fused-ring (bicyclic) bond motifs is 1. The Morgan fingerprint density at radius 1 is 0.955 bits per heavy atom. The number of nitrogens with zero attached hydrogens (tertiary/aromatic N) is 2. The Labute approximate surface area is 135 Å². The lowest BCUT2D eigenvalue weighted by Crippen LogP contribution is -2.37. The third-order valence-electron chi connectivity index (χ3n) is 3.30. The molecule has 1 aliphatic rings. The number of hydrogen-bond acceptors (Lipinski definition) is 2. The van der Waals surface area contributed by atoms with E-state index in [9.17, 15) is 17.2 Å². The number of para-hydroxylation sites is 2. The third-order valence-corrected chi connectivity index (χ3v) is 5.43. The van der Waals surface area contributed by atoms with Crippen LogP contribution in [0.1, 0.15) is 0 Å². The molecule has 8 heteroatoms. The second-order valence-electron chi connectivity index (χ2n) is 4.59. The molecule has 0 unspecified atom stereocenters. The SMILES string of the molecule is O=S1(=O)N(CCBr)c2c(F)cccc2N1c1ccccc1F. The highest BCUT2D eigenvalue weighted by Crippen LogP contribution is 2.47. The van der Waals surface area contributed by atoms with E-state index in [1.165, 1.54) is 36.4 Å². The molecule has 0 saturated carbocycles. The smallest absolute Gasteiger partial charge is 0.247 e. The van der Waals surface area contributed by atoms with Gasteiger partial charge in [0.2, 0.25) is 0 Å². The zero-order chi connectivity index (χ0) is 15.9. The normalized spacial score (nSPS) is 16.0. The highest BCUT2D eigenvalue weighted by molar-refractivity contribution is 9.09. The Hall–Kier alpha value is -1.67. The maximum atomic E-state index is 14.2. The molecule has 1 heterocycles. The van der Waals surface area contributed by atoms with Crippen molar-refractivity contribution in [3.8, 4) is 0 Å². The first kappa shape index (κ1) is 15.2. The summed E-state index contributed by atoms with van der Waals surface area (Å²) in [5, 5.41) is 0.325. The second kappa shape index (κ2) is 5.51. The Kier molecular flexibility index (Phi) is 3.82. The molecule has 0 fully saturated rings. The number of anilines is 3. The monoisotopic (exact) mass is 388 g/mol. The number of rotatable bonds is 3. The van der Waals surface area contributed by atoms with Crippen molar-refractivity contribution in [1.82, 2.24) is 0 Å². The third kappa shape index (κ3) is 2.17. The molecular formula is C14H11BrF2N2O2S. The van der Waals surface area contributed by atoms with Crippen LogP contribution in [0.25, 0.3) is 0 Å². The number of halogens is 3. The minimum Gasteiger partial charge on any atom is -0.247 e. The molecule has 0 aliphatic carbocycles. The fourth-order valence-corrected chi connectivity index (χ4v) is 4.74. The van der Waals surface area contributed by atoms with E-state index in [2.05, 4.69) is 15.9 Å². The van der Waals surface area contributed by atoms with Crippen LogP contribution in [0.2, 0.25) is 0 Å². The summed E-state index contributed by atoms with van der Waals surface area (Å²) in [7, 11) is -4.09. The number of alkyl halides is 1. The van der Waals surface area contributed by atoms with Crippen molar-refractivity contribution in [2.75, 3.05) is 20.5 Å². The Morgan fingerprint density at radius 2 is 1.59 bits per heavy atom. The van der Waals surface area contributed by atoms with E-state index in [-0.39, 0.29) is 23.6 Å². The Bertz CT molecular complexity index is 829. The first-order chi connectivity index (χ1) is 10.5. The minimum atomic E-state index is -4.09. The highest BCUT2D eigenvalue weighted by atomic mass is 79.9. The van der Waals surface area contributed by atoms with Gasteiger partial charge in [-0.05, 0) is 24.3 Å². The molecule has 0 atom stereocenters. The van der Waals surface area contributed by atoms with E-state index < -0.39 is 21.8 Å². The molecular weight excluding hydrogens is 378 g/mol. The average Bonchev–Trinajstić information content (AvgIpc) is 2.69. The Morgan fingerprint density at radius 3 is 2.27 bits per heavy atom. The molecule has 0 spiro atoms. The molecule has 3 rings (SSSR count). The Balaban J connectivity index is 2.29. The standard InChI is InChI=1S/C14H11BrF2N2O2S/c15-8-9-18-14-11(17)5-3-7-13(14)19(22(18,20)21)12-6-2-1-4-10(12)16/h1-7H,8-9H2. The van der Waals surface area contributed by atoms with Crippen LogP contribution in [0.5, 0.6) is 0 Å². The molecule has 2 aromatic rings. The molecule has 0 aromatic heterocycles. The summed E-state index contributed by atoms with van der Waals surface area (Å²) in [6.07, 6.45) is 0. The van der Waals surface area contributed by atoms with Crippen LogP contribution in [0.15, 0.2) is 42.5 Å². The highest BCUT2D eigenvalue weighted by Gasteiger charge is 2.43. The van der Waals surface area contributed by atoms with E-state index in [0.717, 1.165) is 14.7 Å². The predicted octanol–water partition coefficient (Wildman–Crippen LogP) is 3.56. The van der Waals surface area contributed by atoms with Gasteiger partial charge in [-0.25, -0.2) is 17.4 Å². The van der Waals surface area contributed by atoms with Crippen LogP contribution < -0.4 is 8.61 Å². The topological polar surface area (TPSA) is 40.6 Å². The lowest BCUT2D eigenvalue weighted by atomic mass is 10.2. The summed E-state index contributed by atoms with van der Waals surface area (Å²) < 4.78 is 55.5. The van der Waals surface area contributed by atoms with Gasteiger partial charge in [0.1, 0.15) is 17.3 Å². The van der Waals surface area contributed by atoms with Gasteiger partial charge in [-0.15, -0.1) is 0 Å². The molecule has 4 nitrogen and oxygen atoms in total. The van der Waals surface area contributed by atoms with Crippen LogP contribution >= 0.6 is 15.9 Å². The maximum absolute atomic E-state index is 14.2. The first-order valence-electron chi connectivity index (χ1n) is 6.40. The lowest BCUT2D eigenvalue weighted by molar-refractivity contribution is 0.589. The molecule has 0 saturated heterocycles. The van der Waals surface area contributed by atoms with E-state index in [4.69, 9.17) is 0 Å². The van der Waals surface area contributed by atoms with Gasteiger partial charge in [-0.3, -0.25) is 0 Å². The van der Waals surface area contributed by atoms with Crippen molar-refractivity contribution < 1.29 is 17.2 Å². The van der Waals surface area contributed by atoms with Crippen molar-refractivity contribution in [1.29, 1.82) is 0 Å². The summed E-state index contributed by atoms with van der Waals surface area (Å²) in [5.41, 5.74) is -0.0947. The predicted molar refractivity (Wildman–Crippen MR) is 85.0 cm³/mol. The first-order valence-corrected chi connectivity index (χ1v) is 8.92. The fourth-order valence-electron chi connectivity index (χ4n) is 2.43. The van der Waals surface area contributed by atoms with Crippen molar-refractivity contribution in [3.05, 3.63) is 54.1 Å². The summed E-state index contributed by atoms with van der Waals surface area (Å²) in [6, 6.07) is 9.53. The van der Waals surface area contributed by atoms with Gasteiger partial charge in [0.15, 0.2) is 0 Å². The summed E-state index contributed by atoms with van der Waals surface area (Å²) in [6.45, 7) is 0.0429. The van der Waals surface area contributed by atoms with Crippen LogP contribution in [-0.2, 0) is 10.2 Å². The van der Waals surface area contributed by atoms with Gasteiger partial charge in [0.25, 0.3) is 0 Å². The molecule has 2 aromatic carbocycles. The van der Waals surface area contributed by atoms with Gasteiger partial charge < -0.3 is 0 Å². The van der Waals surface area contributed by atoms with E-state index in [1.807, 2.05) is 0 Å². The molecule has 0 radical (unpaired) electrons. The lowest BCUT2D eigenvalue weighted by Gasteiger charge is -2.21. The van der Waals surface area contributed by atoms with Crippen molar-refractivity contribution in [3.63, 3.8) is 0 Å². The van der Waals surface area contributed by atoms with Gasteiger partial charge in [0, 0.05) is 11.9 Å². The van der Waals surface area contributed by atoms with Gasteiger partial charge in [-0.1, -0.05) is 34.1 Å². The molecule has 22 heavy (non-hydrogen) atoms. The van der Waals surface area contributed by atoms with Gasteiger partial charge >= 0.3 is 10.2 Å². The fraction of sp³-hybridized carbons (Fsp3) is 0.143. The van der Waals surface area contributed by atoms with Crippen molar-refractivity contribution in [2.45, 2.75) is 0 Å². The maximum Gasteiger partial charge on any atom is 0.331 e. The molecule has 1 aliphatic heterocycles.